The van der Waals surface area contributed by atoms with Gasteiger partial charge in [-0.05, 0) is 48.3 Å². The molecular formula is C28H25N3O4. The van der Waals surface area contributed by atoms with Crippen LogP contribution in [0.3, 0.4) is 0 Å². The molecule has 7 heteroatoms. The van der Waals surface area contributed by atoms with E-state index in [2.05, 4.69) is 10.3 Å². The number of rotatable bonds is 7. The monoisotopic (exact) mass is 467 g/mol. The van der Waals surface area contributed by atoms with E-state index in [0.717, 1.165) is 22.4 Å². The first kappa shape index (κ1) is 23.6. The van der Waals surface area contributed by atoms with Crippen LogP contribution in [0.4, 0.5) is 5.69 Å². The number of nitrogens with zero attached hydrogens (tertiary/aromatic N) is 2. The van der Waals surface area contributed by atoms with Crippen LogP contribution >= 0.6 is 0 Å². The molecule has 2 heterocycles. The number of ether oxygens (including phenoxy) is 1. The van der Waals surface area contributed by atoms with Crippen LogP contribution in [0, 0.1) is 10.1 Å². The lowest BCUT2D eigenvalue weighted by Crippen LogP contribution is -2.28. The second-order valence-electron chi connectivity index (χ2n) is 8.14. The van der Waals surface area contributed by atoms with E-state index >= 15 is 0 Å². The maximum atomic E-state index is 13.4. The number of nitro groups is 1. The number of pyridine rings is 1. The van der Waals surface area contributed by atoms with Gasteiger partial charge >= 0.3 is 5.97 Å². The zero-order valence-corrected chi connectivity index (χ0v) is 19.5. The topological polar surface area (TPSA) is 94.4 Å². The molecule has 0 spiro atoms. The molecule has 0 saturated heterocycles. The number of dihydropyridines is 1. The van der Waals surface area contributed by atoms with Gasteiger partial charge in [0.05, 0.1) is 10.5 Å². The van der Waals surface area contributed by atoms with E-state index in [1.54, 1.807) is 30.6 Å². The summed E-state index contributed by atoms with van der Waals surface area (Å²) in [6.07, 6.45) is 7.06. The van der Waals surface area contributed by atoms with Crippen LogP contribution in [-0.2, 0) is 9.53 Å². The maximum absolute atomic E-state index is 13.4. The first-order chi connectivity index (χ1) is 17.0. The molecule has 4 rings (SSSR count). The minimum Gasteiger partial charge on any atom is -0.458 e. The fourth-order valence-corrected chi connectivity index (χ4v) is 4.27. The molecule has 1 unspecified atom stereocenters. The fraction of sp³-hybridized carbons (Fsp3) is 0.143. The lowest BCUT2D eigenvalue weighted by Gasteiger charge is -2.31. The molecule has 1 aliphatic rings. The van der Waals surface area contributed by atoms with E-state index < -0.39 is 16.8 Å². The number of hydrogen-bond acceptors (Lipinski definition) is 6. The molecule has 2 aromatic carbocycles. The van der Waals surface area contributed by atoms with Crippen molar-refractivity contribution in [2.45, 2.75) is 19.8 Å². The number of carbonyl (C=O) groups excluding carboxylic acids is 1. The van der Waals surface area contributed by atoms with Crippen LogP contribution in [0.5, 0.6) is 0 Å². The molecule has 1 atom stereocenters. The van der Waals surface area contributed by atoms with Crippen LogP contribution in [0.15, 0.2) is 102 Å². The van der Waals surface area contributed by atoms with Gasteiger partial charge in [0.25, 0.3) is 5.69 Å². The van der Waals surface area contributed by atoms with Gasteiger partial charge in [-0.2, -0.15) is 0 Å². The van der Waals surface area contributed by atoms with E-state index in [9.17, 15) is 14.9 Å². The van der Waals surface area contributed by atoms with Gasteiger partial charge in [0, 0.05) is 41.8 Å². The molecule has 1 aliphatic heterocycles. The Balaban J connectivity index is 1.70. The van der Waals surface area contributed by atoms with Crippen LogP contribution in [0.1, 0.15) is 36.5 Å². The maximum Gasteiger partial charge on any atom is 0.337 e. The minimum atomic E-state index is -0.564. The number of non-ortho nitro benzene ring substituents is 1. The van der Waals surface area contributed by atoms with Crippen molar-refractivity contribution in [1.82, 2.24) is 10.3 Å². The molecule has 3 aromatic rings. The van der Waals surface area contributed by atoms with E-state index in [0.29, 0.717) is 16.8 Å². The summed E-state index contributed by atoms with van der Waals surface area (Å²) in [4.78, 5) is 28.7. The lowest BCUT2D eigenvalue weighted by molar-refractivity contribution is -0.384. The zero-order chi connectivity index (χ0) is 24.8. The molecule has 35 heavy (non-hydrogen) atoms. The van der Waals surface area contributed by atoms with Gasteiger partial charge in [-0.1, -0.05) is 54.6 Å². The second-order valence-corrected chi connectivity index (χ2v) is 8.14. The Morgan fingerprint density at radius 2 is 1.89 bits per heavy atom. The third kappa shape index (κ3) is 5.35. The highest BCUT2D eigenvalue weighted by Crippen LogP contribution is 2.44. The smallest absolute Gasteiger partial charge is 0.337 e. The molecule has 0 fully saturated rings. The quantitative estimate of drug-likeness (QED) is 0.275. The molecule has 0 bridgehead atoms. The van der Waals surface area contributed by atoms with E-state index in [-0.39, 0.29) is 12.3 Å². The number of allylic oxidation sites excluding steroid dienone is 3. The lowest BCUT2D eigenvalue weighted by atomic mass is 9.78. The van der Waals surface area contributed by atoms with Crippen molar-refractivity contribution in [2.75, 3.05) is 6.61 Å². The summed E-state index contributed by atoms with van der Waals surface area (Å²) in [6.45, 7) is 3.82. The van der Waals surface area contributed by atoms with E-state index in [4.69, 9.17) is 4.74 Å². The summed E-state index contributed by atoms with van der Waals surface area (Å²) in [5.41, 5.74) is 5.11. The zero-order valence-electron chi connectivity index (χ0n) is 19.5. The molecule has 0 saturated carbocycles. The molecular weight excluding hydrogens is 442 g/mol. The fourth-order valence-electron chi connectivity index (χ4n) is 4.27. The number of aromatic nitrogens is 1. The molecule has 0 aliphatic carbocycles. The van der Waals surface area contributed by atoms with Crippen molar-refractivity contribution in [1.29, 1.82) is 0 Å². The van der Waals surface area contributed by atoms with Crippen molar-refractivity contribution in [3.05, 3.63) is 129 Å². The Labute approximate surface area is 203 Å². The summed E-state index contributed by atoms with van der Waals surface area (Å²) < 4.78 is 5.63. The summed E-state index contributed by atoms with van der Waals surface area (Å²) in [7, 11) is 0. The largest absolute Gasteiger partial charge is 0.458 e. The summed E-state index contributed by atoms with van der Waals surface area (Å²) in [5.74, 6) is -1.05. The second kappa shape index (κ2) is 10.6. The van der Waals surface area contributed by atoms with Gasteiger partial charge in [-0.15, -0.1) is 0 Å². The van der Waals surface area contributed by atoms with Gasteiger partial charge < -0.3 is 10.1 Å². The standard InChI is InChI=1S/C28H25N3O4/c1-19-25(23-13-7-15-29-18-23)27(22-12-6-14-24(17-22)31(33)34)26(20(2)30-19)28(32)35-16-8-11-21-9-4-3-5-10-21/h3-15,17-18,27,30H,16H2,1-2H3/b11-8-. The number of carbonyl (C=O) groups is 1. The summed E-state index contributed by atoms with van der Waals surface area (Å²) >= 11 is 0. The molecule has 7 nitrogen and oxygen atoms in total. The van der Waals surface area contributed by atoms with Crippen molar-refractivity contribution < 1.29 is 14.5 Å². The average molecular weight is 468 g/mol. The number of benzene rings is 2. The normalized spacial score (nSPS) is 15.8. The highest BCUT2D eigenvalue weighted by molar-refractivity contribution is 5.97. The predicted octanol–water partition coefficient (Wildman–Crippen LogP) is 5.64. The van der Waals surface area contributed by atoms with Gasteiger partial charge in [0.15, 0.2) is 0 Å². The SMILES string of the molecule is CC1=C(C(=O)OC/C=C\c2ccccc2)C(c2cccc([N+](=O)[O-])c2)C(c2cccnc2)=C(C)N1. The Morgan fingerprint density at radius 3 is 2.60 bits per heavy atom. The van der Waals surface area contributed by atoms with Crippen molar-refractivity contribution in [3.8, 4) is 0 Å². The van der Waals surface area contributed by atoms with Gasteiger partial charge in [-0.25, -0.2) is 4.79 Å². The summed E-state index contributed by atoms with van der Waals surface area (Å²) in [5, 5.41) is 14.8. The van der Waals surface area contributed by atoms with Gasteiger partial charge in [-0.3, -0.25) is 15.1 Å². The predicted molar refractivity (Wildman–Crippen MR) is 135 cm³/mol. The molecule has 0 amide bonds. The van der Waals surface area contributed by atoms with Crippen LogP contribution < -0.4 is 5.32 Å². The van der Waals surface area contributed by atoms with E-state index in [1.807, 2.05) is 62.4 Å². The van der Waals surface area contributed by atoms with Crippen molar-refractivity contribution in [2.24, 2.45) is 0 Å². The van der Waals surface area contributed by atoms with E-state index in [1.165, 1.54) is 12.1 Å². The number of nitro benzene ring substituents is 1. The summed E-state index contributed by atoms with van der Waals surface area (Å²) in [6, 6.07) is 19.8. The van der Waals surface area contributed by atoms with Crippen molar-refractivity contribution >= 4 is 23.3 Å². The molecule has 1 N–H and O–H groups in total. The Hall–Kier alpha value is -4.52. The van der Waals surface area contributed by atoms with Crippen LogP contribution in [0.2, 0.25) is 0 Å². The molecule has 176 valence electrons. The third-order valence-electron chi connectivity index (χ3n) is 5.79. The number of nitrogens with one attached hydrogen (secondary N) is 1. The van der Waals surface area contributed by atoms with Gasteiger partial charge in [0.2, 0.25) is 0 Å². The molecule has 1 aromatic heterocycles. The van der Waals surface area contributed by atoms with Crippen LogP contribution in [-0.4, -0.2) is 22.5 Å². The first-order valence-electron chi connectivity index (χ1n) is 11.2. The van der Waals surface area contributed by atoms with Crippen molar-refractivity contribution in [3.63, 3.8) is 0 Å². The Bertz CT molecular complexity index is 1330. The molecule has 0 radical (unpaired) electrons. The highest BCUT2D eigenvalue weighted by Gasteiger charge is 2.35. The number of esters is 1. The van der Waals surface area contributed by atoms with Crippen LogP contribution in [0.25, 0.3) is 11.6 Å². The first-order valence-corrected chi connectivity index (χ1v) is 11.2. The minimum absolute atomic E-state index is 0.0413. The third-order valence-corrected chi connectivity index (χ3v) is 5.79. The average Bonchev–Trinajstić information content (AvgIpc) is 2.87. The number of hydrogen-bond donors (Lipinski definition) is 1. The Morgan fingerprint density at radius 1 is 1.09 bits per heavy atom. The van der Waals surface area contributed by atoms with Gasteiger partial charge in [0.1, 0.15) is 6.61 Å². The highest BCUT2D eigenvalue weighted by atomic mass is 16.6. The Kier molecular flexibility index (Phi) is 7.16.